The van der Waals surface area contributed by atoms with Gasteiger partial charge in [0.15, 0.2) is 0 Å². The molecule has 3 rings (SSSR count). The summed E-state index contributed by atoms with van der Waals surface area (Å²) in [4.78, 5) is 23.2. The number of nitrogens with zero attached hydrogens (tertiary/aromatic N) is 1. The van der Waals surface area contributed by atoms with E-state index < -0.39 is 0 Å². The number of aromatic nitrogens is 1. The third-order valence-corrected chi connectivity index (χ3v) is 4.03. The van der Waals surface area contributed by atoms with E-state index in [2.05, 4.69) is 26.6 Å². The topological polar surface area (TPSA) is 63.1 Å². The lowest BCUT2D eigenvalue weighted by Gasteiger charge is -2.08. The number of carbonyl (C=O) groups excluding carboxylic acids is 2. The standard InChI is InChI=1S/C18H16BrN3O2/c1-12(23)20-15-3-5-16(6-4-15)21-18(24)11-22-9-8-13-10-14(19)2-7-17(13)22/h2-10H,11H2,1H3,(H,20,23)(H,21,24). The fourth-order valence-electron chi connectivity index (χ4n) is 2.50. The molecule has 122 valence electrons. The smallest absolute Gasteiger partial charge is 0.244 e. The number of halogens is 1. The van der Waals surface area contributed by atoms with E-state index in [1.807, 2.05) is 35.0 Å². The maximum absolute atomic E-state index is 12.2. The molecule has 0 bridgehead atoms. The summed E-state index contributed by atoms with van der Waals surface area (Å²) in [6, 6.07) is 15.0. The van der Waals surface area contributed by atoms with Crippen LogP contribution in [-0.4, -0.2) is 16.4 Å². The molecule has 1 heterocycles. The molecule has 0 saturated heterocycles. The molecule has 24 heavy (non-hydrogen) atoms. The van der Waals surface area contributed by atoms with Crippen LogP contribution in [0.4, 0.5) is 11.4 Å². The van der Waals surface area contributed by atoms with E-state index in [1.165, 1.54) is 6.92 Å². The summed E-state index contributed by atoms with van der Waals surface area (Å²) < 4.78 is 2.92. The molecular formula is C18H16BrN3O2. The second-order valence-corrected chi connectivity index (χ2v) is 6.37. The Morgan fingerprint density at radius 1 is 1.00 bits per heavy atom. The monoisotopic (exact) mass is 385 g/mol. The van der Waals surface area contributed by atoms with Gasteiger partial charge in [-0.3, -0.25) is 9.59 Å². The SMILES string of the molecule is CC(=O)Nc1ccc(NC(=O)Cn2ccc3cc(Br)ccc32)cc1. The van der Waals surface area contributed by atoms with Crippen molar-refractivity contribution in [3.63, 3.8) is 0 Å². The molecule has 0 fully saturated rings. The van der Waals surface area contributed by atoms with Crippen molar-refractivity contribution in [2.75, 3.05) is 10.6 Å². The first-order chi connectivity index (χ1) is 11.5. The second-order valence-electron chi connectivity index (χ2n) is 5.45. The van der Waals surface area contributed by atoms with Gasteiger partial charge in [0.1, 0.15) is 6.54 Å². The molecular weight excluding hydrogens is 370 g/mol. The van der Waals surface area contributed by atoms with Crippen LogP contribution in [0.25, 0.3) is 10.9 Å². The number of amides is 2. The maximum Gasteiger partial charge on any atom is 0.244 e. The quantitative estimate of drug-likeness (QED) is 0.712. The highest BCUT2D eigenvalue weighted by Crippen LogP contribution is 2.21. The fourth-order valence-corrected chi connectivity index (χ4v) is 2.88. The minimum Gasteiger partial charge on any atom is -0.338 e. The number of rotatable bonds is 4. The Morgan fingerprint density at radius 2 is 1.67 bits per heavy atom. The molecule has 2 aromatic carbocycles. The van der Waals surface area contributed by atoms with Crippen LogP contribution in [0, 0.1) is 0 Å². The van der Waals surface area contributed by atoms with Crippen LogP contribution in [0.2, 0.25) is 0 Å². The second kappa shape index (κ2) is 6.88. The summed E-state index contributed by atoms with van der Waals surface area (Å²) in [5, 5.41) is 6.62. The van der Waals surface area contributed by atoms with Gasteiger partial charge in [0.05, 0.1) is 0 Å². The molecule has 0 aliphatic carbocycles. The summed E-state index contributed by atoms with van der Waals surface area (Å²) in [5.41, 5.74) is 2.39. The van der Waals surface area contributed by atoms with Crippen molar-refractivity contribution in [1.29, 1.82) is 0 Å². The van der Waals surface area contributed by atoms with E-state index in [-0.39, 0.29) is 18.4 Å². The Morgan fingerprint density at radius 3 is 2.33 bits per heavy atom. The third kappa shape index (κ3) is 3.83. The van der Waals surface area contributed by atoms with Gasteiger partial charge in [0.2, 0.25) is 11.8 Å². The van der Waals surface area contributed by atoms with Crippen LogP contribution in [0.5, 0.6) is 0 Å². The Bertz CT molecular complexity index is 900. The highest BCUT2D eigenvalue weighted by molar-refractivity contribution is 9.10. The first kappa shape index (κ1) is 16.3. The molecule has 0 aliphatic rings. The van der Waals surface area contributed by atoms with Gasteiger partial charge < -0.3 is 15.2 Å². The molecule has 0 spiro atoms. The average molecular weight is 386 g/mol. The van der Waals surface area contributed by atoms with Crippen LogP contribution in [0.3, 0.4) is 0 Å². The Balaban J connectivity index is 1.67. The van der Waals surface area contributed by atoms with Crippen molar-refractivity contribution in [2.45, 2.75) is 13.5 Å². The van der Waals surface area contributed by atoms with Crippen LogP contribution >= 0.6 is 15.9 Å². The maximum atomic E-state index is 12.2. The van der Waals surface area contributed by atoms with E-state index in [4.69, 9.17) is 0 Å². The van der Waals surface area contributed by atoms with Gasteiger partial charge in [-0.1, -0.05) is 15.9 Å². The summed E-state index contributed by atoms with van der Waals surface area (Å²) in [7, 11) is 0. The first-order valence-corrected chi connectivity index (χ1v) is 8.22. The number of fused-ring (bicyclic) bond motifs is 1. The van der Waals surface area contributed by atoms with Crippen molar-refractivity contribution in [1.82, 2.24) is 4.57 Å². The van der Waals surface area contributed by atoms with Crippen molar-refractivity contribution >= 4 is 50.0 Å². The molecule has 6 heteroatoms. The zero-order valence-electron chi connectivity index (χ0n) is 13.0. The van der Waals surface area contributed by atoms with Gasteiger partial charge in [-0.05, 0) is 48.5 Å². The van der Waals surface area contributed by atoms with Gasteiger partial charge in [-0.15, -0.1) is 0 Å². The molecule has 1 aromatic heterocycles. The van der Waals surface area contributed by atoms with E-state index in [0.29, 0.717) is 11.4 Å². The van der Waals surface area contributed by atoms with Crippen LogP contribution in [-0.2, 0) is 16.1 Å². The van der Waals surface area contributed by atoms with Crippen LogP contribution < -0.4 is 10.6 Å². The zero-order chi connectivity index (χ0) is 17.1. The van der Waals surface area contributed by atoms with E-state index in [1.54, 1.807) is 24.3 Å². The van der Waals surface area contributed by atoms with Crippen molar-refractivity contribution < 1.29 is 9.59 Å². The fraction of sp³-hybridized carbons (Fsp3) is 0.111. The summed E-state index contributed by atoms with van der Waals surface area (Å²) >= 11 is 3.44. The van der Waals surface area contributed by atoms with Crippen molar-refractivity contribution in [3.05, 3.63) is 59.2 Å². The van der Waals surface area contributed by atoms with Crippen LogP contribution in [0.1, 0.15) is 6.92 Å². The molecule has 0 unspecified atom stereocenters. The van der Waals surface area contributed by atoms with Gasteiger partial charge in [-0.25, -0.2) is 0 Å². The zero-order valence-corrected chi connectivity index (χ0v) is 14.6. The Labute approximate surface area is 147 Å². The summed E-state index contributed by atoms with van der Waals surface area (Å²) in [5.74, 6) is -0.236. The molecule has 0 aliphatic heterocycles. The molecule has 0 radical (unpaired) electrons. The lowest BCUT2D eigenvalue weighted by molar-refractivity contribution is -0.116. The van der Waals surface area contributed by atoms with E-state index in [0.717, 1.165) is 15.4 Å². The predicted octanol–water partition coefficient (Wildman–Crippen LogP) is 4.00. The van der Waals surface area contributed by atoms with Gasteiger partial charge in [0, 0.05) is 39.9 Å². The largest absolute Gasteiger partial charge is 0.338 e. The lowest BCUT2D eigenvalue weighted by atomic mass is 10.2. The Hall–Kier alpha value is -2.60. The molecule has 0 saturated carbocycles. The molecule has 3 aromatic rings. The summed E-state index contributed by atoms with van der Waals surface area (Å²) in [6.45, 7) is 1.69. The number of hydrogen-bond acceptors (Lipinski definition) is 2. The first-order valence-electron chi connectivity index (χ1n) is 7.43. The number of carbonyl (C=O) groups is 2. The molecule has 2 amide bonds. The predicted molar refractivity (Wildman–Crippen MR) is 99.0 cm³/mol. The number of anilines is 2. The average Bonchev–Trinajstić information content (AvgIpc) is 2.90. The number of nitrogens with one attached hydrogen (secondary N) is 2. The molecule has 2 N–H and O–H groups in total. The highest BCUT2D eigenvalue weighted by Gasteiger charge is 2.07. The Kier molecular flexibility index (Phi) is 4.66. The van der Waals surface area contributed by atoms with Gasteiger partial charge >= 0.3 is 0 Å². The normalized spacial score (nSPS) is 10.6. The minimum absolute atomic E-state index is 0.109. The lowest BCUT2D eigenvalue weighted by Crippen LogP contribution is -2.18. The van der Waals surface area contributed by atoms with E-state index >= 15 is 0 Å². The number of benzene rings is 2. The van der Waals surface area contributed by atoms with Crippen molar-refractivity contribution in [3.8, 4) is 0 Å². The molecule has 5 nitrogen and oxygen atoms in total. The minimum atomic E-state index is -0.127. The molecule has 0 atom stereocenters. The highest BCUT2D eigenvalue weighted by atomic mass is 79.9. The van der Waals surface area contributed by atoms with Gasteiger partial charge in [0.25, 0.3) is 0 Å². The summed E-state index contributed by atoms with van der Waals surface area (Å²) in [6.07, 6.45) is 1.90. The number of hydrogen-bond donors (Lipinski definition) is 2. The van der Waals surface area contributed by atoms with Crippen molar-refractivity contribution in [2.24, 2.45) is 0 Å². The van der Waals surface area contributed by atoms with Crippen LogP contribution in [0.15, 0.2) is 59.2 Å². The van der Waals surface area contributed by atoms with Gasteiger partial charge in [-0.2, -0.15) is 0 Å². The van der Waals surface area contributed by atoms with E-state index in [9.17, 15) is 9.59 Å². The third-order valence-electron chi connectivity index (χ3n) is 3.54.